The van der Waals surface area contributed by atoms with Crippen LogP contribution in [-0.2, 0) is 15.7 Å². The normalized spacial score (nSPS) is 11.5. The standard InChI is InChI=1S/C19H15F6NO4/c1-3-29-17(27)12-11(9-5-7-10(20)8-6-9)13(18(28)30-4-2)15(19(23,24)25)26-14(12)16(21)22/h5-8,16H,3-4H2,1-2H3. The minimum Gasteiger partial charge on any atom is -0.462 e. The third-order valence-electron chi connectivity index (χ3n) is 3.79. The van der Waals surface area contributed by atoms with Crippen LogP contribution in [0.3, 0.4) is 0 Å². The minimum absolute atomic E-state index is 0.292. The maximum absolute atomic E-state index is 13.6. The molecule has 0 saturated carbocycles. The van der Waals surface area contributed by atoms with Gasteiger partial charge in [-0.1, -0.05) is 12.1 Å². The molecule has 5 nitrogen and oxygen atoms in total. The second-order valence-electron chi connectivity index (χ2n) is 5.72. The van der Waals surface area contributed by atoms with Crippen molar-refractivity contribution in [2.75, 3.05) is 13.2 Å². The zero-order valence-corrected chi connectivity index (χ0v) is 15.6. The van der Waals surface area contributed by atoms with Crippen molar-refractivity contribution in [3.63, 3.8) is 0 Å². The molecular weight excluding hydrogens is 420 g/mol. The topological polar surface area (TPSA) is 65.5 Å². The lowest BCUT2D eigenvalue weighted by molar-refractivity contribution is -0.142. The number of alkyl halides is 5. The fraction of sp³-hybridized carbons (Fsp3) is 0.316. The minimum atomic E-state index is -5.34. The molecule has 0 aliphatic heterocycles. The van der Waals surface area contributed by atoms with Crippen molar-refractivity contribution in [1.82, 2.24) is 4.98 Å². The number of halogens is 6. The zero-order chi connectivity index (χ0) is 22.6. The van der Waals surface area contributed by atoms with E-state index in [0.29, 0.717) is 0 Å². The molecule has 1 aromatic heterocycles. The Morgan fingerprint density at radius 3 is 1.90 bits per heavy atom. The van der Waals surface area contributed by atoms with Crippen LogP contribution in [0.1, 0.15) is 52.4 Å². The quantitative estimate of drug-likeness (QED) is 0.461. The van der Waals surface area contributed by atoms with Crippen molar-refractivity contribution in [1.29, 1.82) is 0 Å². The number of esters is 2. The third kappa shape index (κ3) is 4.71. The fourth-order valence-electron chi connectivity index (χ4n) is 2.68. The van der Waals surface area contributed by atoms with Crippen LogP contribution in [0.2, 0.25) is 0 Å². The Kier molecular flexibility index (Phi) is 7.06. The molecule has 0 unspecified atom stereocenters. The van der Waals surface area contributed by atoms with Crippen LogP contribution in [0, 0.1) is 5.82 Å². The highest BCUT2D eigenvalue weighted by Gasteiger charge is 2.43. The van der Waals surface area contributed by atoms with E-state index < -0.39 is 58.4 Å². The Morgan fingerprint density at radius 1 is 0.967 bits per heavy atom. The lowest BCUT2D eigenvalue weighted by Crippen LogP contribution is -2.24. The molecule has 0 fully saturated rings. The summed E-state index contributed by atoms with van der Waals surface area (Å²) in [5.74, 6) is -3.74. The van der Waals surface area contributed by atoms with Crippen molar-refractivity contribution in [2.45, 2.75) is 26.4 Å². The van der Waals surface area contributed by atoms with Gasteiger partial charge in [0, 0.05) is 5.56 Å². The van der Waals surface area contributed by atoms with E-state index in [4.69, 9.17) is 4.74 Å². The molecule has 11 heteroatoms. The summed E-state index contributed by atoms with van der Waals surface area (Å²) in [7, 11) is 0. The summed E-state index contributed by atoms with van der Waals surface area (Å²) in [6.45, 7) is 2.03. The largest absolute Gasteiger partial charge is 0.462 e. The number of ether oxygens (including phenoxy) is 2. The molecule has 0 spiro atoms. The van der Waals surface area contributed by atoms with E-state index in [0.717, 1.165) is 24.3 Å². The number of aromatic nitrogens is 1. The summed E-state index contributed by atoms with van der Waals surface area (Å²) < 4.78 is 90.9. The number of hydrogen-bond acceptors (Lipinski definition) is 5. The van der Waals surface area contributed by atoms with Gasteiger partial charge in [-0.3, -0.25) is 0 Å². The molecule has 0 aliphatic rings. The molecular formula is C19H15F6NO4. The van der Waals surface area contributed by atoms with Gasteiger partial charge in [-0.25, -0.2) is 27.7 Å². The Balaban J connectivity index is 3.09. The summed E-state index contributed by atoms with van der Waals surface area (Å²) in [6.07, 6.45) is -8.95. The van der Waals surface area contributed by atoms with Crippen LogP contribution in [-0.4, -0.2) is 30.1 Å². The molecule has 1 aromatic carbocycles. The van der Waals surface area contributed by atoms with Gasteiger partial charge >= 0.3 is 18.1 Å². The number of nitrogens with zero attached hydrogens (tertiary/aromatic N) is 1. The Hall–Kier alpha value is -3.11. The van der Waals surface area contributed by atoms with E-state index in [-0.39, 0.29) is 18.8 Å². The van der Waals surface area contributed by atoms with Crippen molar-refractivity contribution < 1.29 is 45.4 Å². The van der Waals surface area contributed by atoms with Gasteiger partial charge in [-0.15, -0.1) is 0 Å². The first-order valence-electron chi connectivity index (χ1n) is 8.56. The van der Waals surface area contributed by atoms with E-state index in [2.05, 4.69) is 9.72 Å². The van der Waals surface area contributed by atoms with Gasteiger partial charge in [0.2, 0.25) is 0 Å². The Morgan fingerprint density at radius 2 is 1.47 bits per heavy atom. The average Bonchev–Trinajstić information content (AvgIpc) is 2.66. The Labute approximate surface area is 166 Å². The van der Waals surface area contributed by atoms with Crippen molar-refractivity contribution in [3.05, 3.63) is 52.6 Å². The summed E-state index contributed by atoms with van der Waals surface area (Å²) >= 11 is 0. The maximum Gasteiger partial charge on any atom is 0.434 e. The SMILES string of the molecule is CCOC(=O)c1c(C(F)F)nc(C(F)(F)F)c(C(=O)OCC)c1-c1ccc(F)cc1. The molecule has 0 amide bonds. The maximum atomic E-state index is 13.6. The molecule has 2 rings (SSSR count). The second kappa shape index (κ2) is 9.14. The molecule has 0 atom stereocenters. The molecule has 0 N–H and O–H groups in total. The number of pyridine rings is 1. The summed E-state index contributed by atoms with van der Waals surface area (Å²) in [5.41, 5.74) is -6.89. The molecule has 0 radical (unpaired) electrons. The van der Waals surface area contributed by atoms with Gasteiger partial charge in [0.15, 0.2) is 5.69 Å². The van der Waals surface area contributed by atoms with Crippen LogP contribution in [0.15, 0.2) is 24.3 Å². The lowest BCUT2D eigenvalue weighted by Gasteiger charge is -2.21. The second-order valence-corrected chi connectivity index (χ2v) is 5.72. The van der Waals surface area contributed by atoms with E-state index >= 15 is 0 Å². The first kappa shape index (κ1) is 23.2. The van der Waals surface area contributed by atoms with Crippen molar-refractivity contribution in [2.24, 2.45) is 0 Å². The molecule has 1 heterocycles. The van der Waals surface area contributed by atoms with Crippen LogP contribution in [0.5, 0.6) is 0 Å². The van der Waals surface area contributed by atoms with Gasteiger partial charge in [-0.2, -0.15) is 13.2 Å². The van der Waals surface area contributed by atoms with Gasteiger partial charge in [0.1, 0.15) is 11.5 Å². The Bertz CT molecular complexity index is 942. The summed E-state index contributed by atoms with van der Waals surface area (Å²) in [5, 5.41) is 0. The number of carbonyl (C=O) groups is 2. The predicted molar refractivity (Wildman–Crippen MR) is 91.5 cm³/mol. The van der Waals surface area contributed by atoms with E-state index in [9.17, 15) is 35.9 Å². The average molecular weight is 435 g/mol. The van der Waals surface area contributed by atoms with E-state index in [1.807, 2.05) is 0 Å². The molecule has 0 saturated heterocycles. The first-order valence-corrected chi connectivity index (χ1v) is 8.56. The molecule has 0 aliphatic carbocycles. The van der Waals surface area contributed by atoms with Gasteiger partial charge in [-0.05, 0) is 31.5 Å². The van der Waals surface area contributed by atoms with Crippen LogP contribution in [0.4, 0.5) is 26.3 Å². The lowest BCUT2D eigenvalue weighted by atomic mass is 9.91. The fourth-order valence-corrected chi connectivity index (χ4v) is 2.68. The molecule has 162 valence electrons. The van der Waals surface area contributed by atoms with E-state index in [1.54, 1.807) is 0 Å². The molecule has 0 bridgehead atoms. The molecule has 30 heavy (non-hydrogen) atoms. The van der Waals surface area contributed by atoms with Crippen LogP contribution < -0.4 is 0 Å². The summed E-state index contributed by atoms with van der Waals surface area (Å²) in [6, 6.07) is 3.53. The highest BCUT2D eigenvalue weighted by Crippen LogP contribution is 2.41. The van der Waals surface area contributed by atoms with Crippen LogP contribution in [0.25, 0.3) is 11.1 Å². The summed E-state index contributed by atoms with van der Waals surface area (Å²) in [4.78, 5) is 27.7. The number of carbonyl (C=O) groups excluding carboxylic acids is 2. The van der Waals surface area contributed by atoms with Gasteiger partial charge in [0.05, 0.1) is 24.3 Å². The van der Waals surface area contributed by atoms with E-state index in [1.165, 1.54) is 13.8 Å². The predicted octanol–water partition coefficient (Wildman–Crippen LogP) is 5.20. The first-order chi connectivity index (χ1) is 14.0. The zero-order valence-electron chi connectivity index (χ0n) is 15.6. The monoisotopic (exact) mass is 435 g/mol. The number of benzene rings is 1. The van der Waals surface area contributed by atoms with Gasteiger partial charge in [0.25, 0.3) is 6.43 Å². The highest BCUT2D eigenvalue weighted by atomic mass is 19.4. The highest BCUT2D eigenvalue weighted by molar-refractivity contribution is 6.07. The number of hydrogen-bond donors (Lipinski definition) is 0. The third-order valence-corrected chi connectivity index (χ3v) is 3.79. The van der Waals surface area contributed by atoms with Crippen LogP contribution >= 0.6 is 0 Å². The smallest absolute Gasteiger partial charge is 0.434 e. The molecule has 2 aromatic rings. The van der Waals surface area contributed by atoms with Crippen molar-refractivity contribution in [3.8, 4) is 11.1 Å². The van der Waals surface area contributed by atoms with Crippen molar-refractivity contribution >= 4 is 11.9 Å². The number of rotatable bonds is 6. The van der Waals surface area contributed by atoms with Gasteiger partial charge < -0.3 is 9.47 Å².